The van der Waals surface area contributed by atoms with E-state index >= 15 is 0 Å². The van der Waals surface area contributed by atoms with E-state index in [0.29, 0.717) is 0 Å². The molecular formula is C5H5NO3S2. The summed E-state index contributed by atoms with van der Waals surface area (Å²) in [5, 5.41) is 0. The van der Waals surface area contributed by atoms with E-state index in [-0.39, 0.29) is 9.54 Å². The van der Waals surface area contributed by atoms with Gasteiger partial charge in [-0.15, -0.1) is 0 Å². The van der Waals surface area contributed by atoms with Gasteiger partial charge >= 0.3 is 0 Å². The van der Waals surface area contributed by atoms with Crippen LogP contribution in [0, 0.1) is 4.64 Å². The van der Waals surface area contributed by atoms with Gasteiger partial charge in [-0.3, -0.25) is 4.55 Å². The minimum absolute atomic E-state index is 0.193. The van der Waals surface area contributed by atoms with Gasteiger partial charge in [0, 0.05) is 6.20 Å². The van der Waals surface area contributed by atoms with E-state index in [0.717, 1.165) is 0 Å². The maximum absolute atomic E-state index is 10.5. The Hall–Kier alpha value is -0.720. The standard InChI is InChI=1S/C5H5NO3S2/c7-11(8,9)4-1-2-6-5(10)3-4/h1-3H,(H,6,10)(H,7,8,9). The van der Waals surface area contributed by atoms with E-state index < -0.39 is 10.1 Å². The van der Waals surface area contributed by atoms with Crippen molar-refractivity contribution in [3.63, 3.8) is 0 Å². The lowest BCUT2D eigenvalue weighted by Gasteiger charge is -1.93. The van der Waals surface area contributed by atoms with Crippen molar-refractivity contribution in [3.05, 3.63) is 23.0 Å². The van der Waals surface area contributed by atoms with Gasteiger partial charge < -0.3 is 4.98 Å². The van der Waals surface area contributed by atoms with E-state index in [1.54, 1.807) is 0 Å². The highest BCUT2D eigenvalue weighted by atomic mass is 32.2. The molecule has 0 bridgehead atoms. The zero-order chi connectivity index (χ0) is 8.48. The summed E-state index contributed by atoms with van der Waals surface area (Å²) in [6.07, 6.45) is 1.35. The van der Waals surface area contributed by atoms with E-state index in [9.17, 15) is 8.42 Å². The molecule has 60 valence electrons. The van der Waals surface area contributed by atoms with Gasteiger partial charge in [-0.25, -0.2) is 0 Å². The molecule has 2 N–H and O–H groups in total. The summed E-state index contributed by atoms with van der Waals surface area (Å²) < 4.78 is 29.8. The van der Waals surface area contributed by atoms with Gasteiger partial charge in [0.2, 0.25) is 0 Å². The molecule has 0 saturated heterocycles. The maximum Gasteiger partial charge on any atom is 0.294 e. The Morgan fingerprint density at radius 1 is 1.55 bits per heavy atom. The first-order valence-corrected chi connectivity index (χ1v) is 4.51. The van der Waals surface area contributed by atoms with Crippen LogP contribution >= 0.6 is 12.2 Å². The Bertz CT molecular complexity index is 406. The van der Waals surface area contributed by atoms with Crippen LogP contribution in [0.3, 0.4) is 0 Å². The van der Waals surface area contributed by atoms with E-state index in [4.69, 9.17) is 4.55 Å². The largest absolute Gasteiger partial charge is 0.353 e. The molecule has 0 aromatic carbocycles. The Kier molecular flexibility index (Phi) is 2.08. The van der Waals surface area contributed by atoms with Gasteiger partial charge in [0.1, 0.15) is 4.64 Å². The van der Waals surface area contributed by atoms with Crippen LogP contribution in [0.2, 0.25) is 0 Å². The fourth-order valence-electron chi connectivity index (χ4n) is 0.585. The number of nitrogens with one attached hydrogen (secondary N) is 1. The van der Waals surface area contributed by atoms with Gasteiger partial charge in [0.25, 0.3) is 10.1 Å². The van der Waals surface area contributed by atoms with Crippen molar-refractivity contribution in [1.82, 2.24) is 4.98 Å². The number of hydrogen-bond acceptors (Lipinski definition) is 3. The SMILES string of the molecule is O=S(=O)(O)c1cc[nH]c(=S)c1. The molecule has 0 aliphatic heterocycles. The molecular weight excluding hydrogens is 186 g/mol. The Balaban J connectivity index is 3.40. The second-order valence-electron chi connectivity index (χ2n) is 1.86. The summed E-state index contributed by atoms with van der Waals surface area (Å²) in [5.41, 5.74) is 0. The predicted octanol–water partition coefficient (Wildman–Crippen LogP) is 0.991. The minimum atomic E-state index is -4.11. The first-order valence-electron chi connectivity index (χ1n) is 2.66. The highest BCUT2D eigenvalue weighted by Gasteiger charge is 2.07. The van der Waals surface area contributed by atoms with Gasteiger partial charge in [-0.05, 0) is 12.1 Å². The smallest absolute Gasteiger partial charge is 0.294 e. The first-order chi connectivity index (χ1) is 5.00. The molecule has 0 aliphatic carbocycles. The van der Waals surface area contributed by atoms with Crippen molar-refractivity contribution < 1.29 is 13.0 Å². The molecule has 0 fully saturated rings. The van der Waals surface area contributed by atoms with Crippen molar-refractivity contribution in [2.45, 2.75) is 4.90 Å². The highest BCUT2D eigenvalue weighted by molar-refractivity contribution is 7.85. The van der Waals surface area contributed by atoms with Crippen LogP contribution in [0.25, 0.3) is 0 Å². The minimum Gasteiger partial charge on any atom is -0.353 e. The Labute approximate surface area is 68.6 Å². The Morgan fingerprint density at radius 2 is 2.18 bits per heavy atom. The van der Waals surface area contributed by atoms with Gasteiger partial charge in [0.15, 0.2) is 0 Å². The average Bonchev–Trinajstić information content (AvgIpc) is 1.86. The summed E-state index contributed by atoms with van der Waals surface area (Å²) in [6.45, 7) is 0. The fourth-order valence-corrected chi connectivity index (χ4v) is 1.36. The van der Waals surface area contributed by atoms with Crippen LogP contribution in [0.15, 0.2) is 23.2 Å². The van der Waals surface area contributed by atoms with E-state index in [1.807, 2.05) is 0 Å². The molecule has 0 aliphatic rings. The second kappa shape index (κ2) is 2.72. The molecule has 0 unspecified atom stereocenters. The molecule has 1 aromatic heterocycles. The summed E-state index contributed by atoms with van der Waals surface area (Å²) in [5.74, 6) is 0. The monoisotopic (exact) mass is 191 g/mol. The summed E-state index contributed by atoms with van der Waals surface area (Å²) in [4.78, 5) is 2.39. The van der Waals surface area contributed by atoms with Crippen molar-refractivity contribution >= 4 is 22.3 Å². The number of rotatable bonds is 1. The van der Waals surface area contributed by atoms with Crippen LogP contribution < -0.4 is 0 Å². The lowest BCUT2D eigenvalue weighted by Crippen LogP contribution is -1.97. The number of H-pyrrole nitrogens is 1. The first kappa shape index (κ1) is 8.38. The topological polar surface area (TPSA) is 70.2 Å². The highest BCUT2D eigenvalue weighted by Crippen LogP contribution is 2.05. The van der Waals surface area contributed by atoms with Gasteiger partial charge in [-0.2, -0.15) is 8.42 Å². The third-order valence-corrected chi connectivity index (χ3v) is 2.13. The molecule has 1 rings (SSSR count). The third kappa shape index (κ3) is 2.11. The predicted molar refractivity (Wildman–Crippen MR) is 41.4 cm³/mol. The van der Waals surface area contributed by atoms with Crippen LogP contribution in [0.5, 0.6) is 0 Å². The molecule has 0 amide bonds. The molecule has 0 spiro atoms. The summed E-state index contributed by atoms with van der Waals surface area (Å²) in [7, 11) is -4.11. The average molecular weight is 191 g/mol. The van der Waals surface area contributed by atoms with Crippen LogP contribution in [0.1, 0.15) is 0 Å². The van der Waals surface area contributed by atoms with Crippen LogP contribution in [-0.4, -0.2) is 18.0 Å². The lowest BCUT2D eigenvalue weighted by molar-refractivity contribution is 0.483. The van der Waals surface area contributed by atoms with Gasteiger partial charge in [-0.1, -0.05) is 12.2 Å². The number of aromatic nitrogens is 1. The molecule has 11 heavy (non-hydrogen) atoms. The van der Waals surface area contributed by atoms with E-state index in [2.05, 4.69) is 17.2 Å². The molecule has 1 heterocycles. The molecule has 0 atom stereocenters. The quantitative estimate of drug-likeness (QED) is 0.513. The molecule has 1 aromatic rings. The van der Waals surface area contributed by atoms with Crippen molar-refractivity contribution in [1.29, 1.82) is 0 Å². The van der Waals surface area contributed by atoms with Crippen LogP contribution in [-0.2, 0) is 10.1 Å². The maximum atomic E-state index is 10.5. The Morgan fingerprint density at radius 3 is 2.55 bits per heavy atom. The molecule has 4 nitrogen and oxygen atoms in total. The van der Waals surface area contributed by atoms with Crippen molar-refractivity contribution in [2.75, 3.05) is 0 Å². The summed E-state index contributed by atoms with van der Waals surface area (Å²) in [6, 6.07) is 2.40. The fraction of sp³-hybridized carbons (Fsp3) is 0. The number of aromatic amines is 1. The number of pyridine rings is 1. The van der Waals surface area contributed by atoms with Crippen molar-refractivity contribution in [3.8, 4) is 0 Å². The zero-order valence-corrected chi connectivity index (χ0v) is 6.95. The summed E-state index contributed by atoms with van der Waals surface area (Å²) >= 11 is 4.64. The zero-order valence-electron chi connectivity index (χ0n) is 5.31. The third-order valence-electron chi connectivity index (χ3n) is 1.04. The normalized spacial score (nSPS) is 11.4. The number of hydrogen-bond donors (Lipinski definition) is 2. The lowest BCUT2D eigenvalue weighted by atomic mass is 10.5. The van der Waals surface area contributed by atoms with Crippen molar-refractivity contribution in [2.24, 2.45) is 0 Å². The van der Waals surface area contributed by atoms with Gasteiger partial charge in [0.05, 0.1) is 4.90 Å². The van der Waals surface area contributed by atoms with E-state index in [1.165, 1.54) is 18.3 Å². The molecule has 0 saturated carbocycles. The molecule has 6 heteroatoms. The van der Waals surface area contributed by atoms with Crippen LogP contribution in [0.4, 0.5) is 0 Å². The molecule has 0 radical (unpaired) electrons. The second-order valence-corrected chi connectivity index (χ2v) is 3.73.